The Hall–Kier alpha value is -3.12. The summed E-state index contributed by atoms with van der Waals surface area (Å²) in [5.41, 5.74) is 2.59. The highest BCUT2D eigenvalue weighted by Crippen LogP contribution is 2.34. The molecule has 3 aromatic carbocycles. The minimum Gasteiger partial charge on any atom is -0.465 e. The molecule has 0 fully saturated rings. The van der Waals surface area contributed by atoms with Crippen molar-refractivity contribution in [2.45, 2.75) is 0 Å². The largest absolute Gasteiger partial charge is 0.465 e. The van der Waals surface area contributed by atoms with Crippen LogP contribution in [0.4, 0.5) is 0 Å². The van der Waals surface area contributed by atoms with Crippen molar-refractivity contribution in [1.82, 2.24) is 0 Å². The van der Waals surface area contributed by atoms with E-state index in [2.05, 4.69) is 6.07 Å². The van der Waals surface area contributed by atoms with Crippen molar-refractivity contribution < 1.29 is 9.53 Å². The second-order valence-electron chi connectivity index (χ2n) is 4.86. The van der Waals surface area contributed by atoms with Gasteiger partial charge in [0.1, 0.15) is 0 Å². The number of hydrogen-bond donors (Lipinski definition) is 0. The van der Waals surface area contributed by atoms with Crippen LogP contribution in [0.25, 0.3) is 21.9 Å². The fraction of sp³-hybridized carbons (Fsp3) is 0.0526. The number of benzene rings is 3. The van der Waals surface area contributed by atoms with Crippen molar-refractivity contribution in [2.75, 3.05) is 7.11 Å². The van der Waals surface area contributed by atoms with Gasteiger partial charge >= 0.3 is 5.97 Å². The van der Waals surface area contributed by atoms with Crippen molar-refractivity contribution in [3.05, 3.63) is 71.8 Å². The quantitative estimate of drug-likeness (QED) is 0.665. The van der Waals surface area contributed by atoms with Gasteiger partial charge in [-0.2, -0.15) is 5.26 Å². The Morgan fingerprint density at radius 3 is 2.27 bits per heavy atom. The molecule has 0 saturated carbocycles. The summed E-state index contributed by atoms with van der Waals surface area (Å²) < 4.78 is 4.90. The van der Waals surface area contributed by atoms with Gasteiger partial charge in [0.2, 0.25) is 0 Å². The first-order valence-electron chi connectivity index (χ1n) is 6.86. The first-order chi connectivity index (χ1) is 10.8. The zero-order chi connectivity index (χ0) is 15.5. The fourth-order valence-electron chi connectivity index (χ4n) is 2.65. The van der Waals surface area contributed by atoms with Gasteiger partial charge in [-0.25, -0.2) is 4.79 Å². The maximum absolute atomic E-state index is 12.2. The Bertz CT molecular complexity index is 892. The van der Waals surface area contributed by atoms with Gasteiger partial charge in [-0.05, 0) is 17.0 Å². The number of carbonyl (C=O) groups excluding carboxylic acids is 1. The van der Waals surface area contributed by atoms with Crippen LogP contribution in [0.5, 0.6) is 0 Å². The van der Waals surface area contributed by atoms with E-state index in [0.717, 1.165) is 21.9 Å². The number of methoxy groups -OCH3 is 1. The van der Waals surface area contributed by atoms with Crippen LogP contribution in [-0.2, 0) is 4.74 Å². The monoisotopic (exact) mass is 287 g/mol. The van der Waals surface area contributed by atoms with E-state index in [0.29, 0.717) is 11.1 Å². The molecule has 3 nitrogen and oxygen atoms in total. The Morgan fingerprint density at radius 1 is 1.00 bits per heavy atom. The molecule has 3 aromatic rings. The molecule has 0 saturated heterocycles. The Labute approximate surface area is 128 Å². The molecule has 0 aromatic heterocycles. The topological polar surface area (TPSA) is 50.1 Å². The zero-order valence-electron chi connectivity index (χ0n) is 12.0. The SMILES string of the molecule is COC(=O)c1cc(C#N)c2ccccc2c1-c1ccccc1. The number of fused-ring (bicyclic) bond motifs is 1. The highest BCUT2D eigenvalue weighted by atomic mass is 16.5. The predicted octanol–water partition coefficient (Wildman–Crippen LogP) is 4.17. The van der Waals surface area contributed by atoms with E-state index in [-0.39, 0.29) is 0 Å². The maximum Gasteiger partial charge on any atom is 0.338 e. The van der Waals surface area contributed by atoms with E-state index in [1.165, 1.54) is 7.11 Å². The van der Waals surface area contributed by atoms with Crippen molar-refractivity contribution in [3.8, 4) is 17.2 Å². The third kappa shape index (κ3) is 2.21. The fourth-order valence-corrected chi connectivity index (χ4v) is 2.65. The molecule has 0 heterocycles. The van der Waals surface area contributed by atoms with Crippen LogP contribution in [0.2, 0.25) is 0 Å². The highest BCUT2D eigenvalue weighted by molar-refractivity contribution is 6.10. The number of ether oxygens (including phenoxy) is 1. The molecule has 0 aliphatic heterocycles. The molecule has 0 aliphatic rings. The standard InChI is InChI=1S/C19H13NO2/c1-22-19(21)17-11-14(12-20)15-9-5-6-10-16(15)18(17)13-7-3-2-4-8-13/h2-11H,1H3. The number of esters is 1. The molecule has 0 unspecified atom stereocenters. The lowest BCUT2D eigenvalue weighted by Gasteiger charge is -2.13. The molecule has 0 amide bonds. The summed E-state index contributed by atoms with van der Waals surface area (Å²) in [5, 5.41) is 11.1. The summed E-state index contributed by atoms with van der Waals surface area (Å²) in [6, 6.07) is 21.0. The van der Waals surface area contributed by atoms with Crippen molar-refractivity contribution in [1.29, 1.82) is 5.26 Å². The van der Waals surface area contributed by atoms with Gasteiger partial charge in [0, 0.05) is 10.9 Å². The summed E-state index contributed by atoms with van der Waals surface area (Å²) in [6.07, 6.45) is 0. The zero-order valence-corrected chi connectivity index (χ0v) is 12.0. The molecule has 0 bridgehead atoms. The van der Waals surface area contributed by atoms with Crippen LogP contribution in [-0.4, -0.2) is 13.1 Å². The third-order valence-corrected chi connectivity index (χ3v) is 3.63. The van der Waals surface area contributed by atoms with Crippen LogP contribution in [0, 0.1) is 11.3 Å². The van der Waals surface area contributed by atoms with Crippen molar-refractivity contribution in [3.63, 3.8) is 0 Å². The molecule has 106 valence electrons. The second kappa shape index (κ2) is 5.71. The predicted molar refractivity (Wildman–Crippen MR) is 85.4 cm³/mol. The normalized spacial score (nSPS) is 10.2. The Morgan fingerprint density at radius 2 is 1.64 bits per heavy atom. The molecular weight excluding hydrogens is 274 g/mol. The molecule has 0 aliphatic carbocycles. The highest BCUT2D eigenvalue weighted by Gasteiger charge is 2.18. The molecule has 3 rings (SSSR count). The number of hydrogen-bond acceptors (Lipinski definition) is 3. The van der Waals surface area contributed by atoms with Crippen LogP contribution in [0.15, 0.2) is 60.7 Å². The Balaban J connectivity index is 2.47. The van der Waals surface area contributed by atoms with E-state index in [1.54, 1.807) is 6.07 Å². The smallest absolute Gasteiger partial charge is 0.338 e. The maximum atomic E-state index is 12.2. The number of nitriles is 1. The molecule has 0 atom stereocenters. The van der Waals surface area contributed by atoms with Crippen LogP contribution in [0.1, 0.15) is 15.9 Å². The number of rotatable bonds is 2. The van der Waals surface area contributed by atoms with Gasteiger partial charge < -0.3 is 4.74 Å². The van der Waals surface area contributed by atoms with Gasteiger partial charge in [-0.3, -0.25) is 0 Å². The molecule has 22 heavy (non-hydrogen) atoms. The summed E-state index contributed by atoms with van der Waals surface area (Å²) in [6.45, 7) is 0. The van der Waals surface area contributed by atoms with E-state index >= 15 is 0 Å². The summed E-state index contributed by atoms with van der Waals surface area (Å²) in [4.78, 5) is 12.2. The summed E-state index contributed by atoms with van der Waals surface area (Å²) in [5.74, 6) is -0.443. The van der Waals surface area contributed by atoms with Crippen LogP contribution >= 0.6 is 0 Å². The minimum atomic E-state index is -0.443. The molecular formula is C19H13NO2. The van der Waals surface area contributed by atoms with Crippen molar-refractivity contribution >= 4 is 16.7 Å². The second-order valence-corrected chi connectivity index (χ2v) is 4.86. The molecule has 3 heteroatoms. The van der Waals surface area contributed by atoms with Crippen molar-refractivity contribution in [2.24, 2.45) is 0 Å². The Kier molecular flexibility index (Phi) is 3.59. The van der Waals surface area contributed by atoms with Gasteiger partial charge in [-0.15, -0.1) is 0 Å². The van der Waals surface area contributed by atoms with Crippen LogP contribution in [0.3, 0.4) is 0 Å². The van der Waals surface area contributed by atoms with Gasteiger partial charge in [0.25, 0.3) is 0 Å². The molecule has 0 spiro atoms. The van der Waals surface area contributed by atoms with E-state index in [1.807, 2.05) is 54.6 Å². The average molecular weight is 287 g/mol. The number of carbonyl (C=O) groups is 1. The van der Waals surface area contributed by atoms with Crippen LogP contribution < -0.4 is 0 Å². The molecule has 0 N–H and O–H groups in total. The lowest BCUT2D eigenvalue weighted by atomic mass is 9.90. The van der Waals surface area contributed by atoms with E-state index in [9.17, 15) is 10.1 Å². The summed E-state index contributed by atoms with van der Waals surface area (Å²) >= 11 is 0. The van der Waals surface area contributed by atoms with E-state index in [4.69, 9.17) is 4.74 Å². The molecule has 0 radical (unpaired) electrons. The van der Waals surface area contributed by atoms with Gasteiger partial charge in [0.15, 0.2) is 0 Å². The van der Waals surface area contributed by atoms with E-state index < -0.39 is 5.97 Å². The lowest BCUT2D eigenvalue weighted by molar-refractivity contribution is 0.0601. The average Bonchev–Trinajstić information content (AvgIpc) is 2.60. The first-order valence-corrected chi connectivity index (χ1v) is 6.86. The number of nitrogens with zero attached hydrogens (tertiary/aromatic N) is 1. The van der Waals surface area contributed by atoms with Gasteiger partial charge in [-0.1, -0.05) is 54.6 Å². The lowest BCUT2D eigenvalue weighted by Crippen LogP contribution is -2.05. The minimum absolute atomic E-state index is 0.406. The van der Waals surface area contributed by atoms with Gasteiger partial charge in [0.05, 0.1) is 24.3 Å². The first kappa shape index (κ1) is 13.8. The summed E-state index contributed by atoms with van der Waals surface area (Å²) in [7, 11) is 1.35. The third-order valence-electron chi connectivity index (χ3n) is 3.63.